The molecule has 0 fully saturated rings. The minimum atomic E-state index is -4.41. The molecular formula is C24H18F3N5O3S. The SMILES string of the molecule is Cn1cc(-c2cnc3c(c2)C(C(=O)c2c(F)ccc(NS(=O)(=O)c4cccc(F)c4)c2F)CN3)cn1. The number of halogens is 3. The lowest BCUT2D eigenvalue weighted by molar-refractivity contribution is 0.0958. The molecule has 2 N–H and O–H groups in total. The van der Waals surface area contributed by atoms with Crippen LogP contribution in [0.1, 0.15) is 21.8 Å². The zero-order valence-electron chi connectivity index (χ0n) is 18.7. The zero-order valence-corrected chi connectivity index (χ0v) is 19.5. The molecular weight excluding hydrogens is 495 g/mol. The fraction of sp³-hybridized carbons (Fsp3) is 0.125. The zero-order chi connectivity index (χ0) is 25.6. The van der Waals surface area contributed by atoms with Gasteiger partial charge in [-0.1, -0.05) is 6.07 Å². The van der Waals surface area contributed by atoms with Crippen LogP contribution in [-0.4, -0.2) is 35.5 Å². The number of hydrogen-bond donors (Lipinski definition) is 2. The molecule has 0 saturated heterocycles. The number of hydrogen-bond acceptors (Lipinski definition) is 6. The van der Waals surface area contributed by atoms with Gasteiger partial charge in [-0.3, -0.25) is 14.2 Å². The Hall–Kier alpha value is -4.19. The largest absolute Gasteiger partial charge is 0.369 e. The van der Waals surface area contributed by atoms with E-state index in [1.165, 1.54) is 6.07 Å². The van der Waals surface area contributed by atoms with Gasteiger partial charge in [-0.2, -0.15) is 5.10 Å². The molecule has 12 heteroatoms. The number of aryl methyl sites for hydroxylation is 1. The van der Waals surface area contributed by atoms with Gasteiger partial charge in [0.1, 0.15) is 17.5 Å². The summed E-state index contributed by atoms with van der Waals surface area (Å²) in [4.78, 5) is 17.2. The van der Waals surface area contributed by atoms with Crippen LogP contribution in [0.4, 0.5) is 24.7 Å². The van der Waals surface area contributed by atoms with Crippen LogP contribution in [0.2, 0.25) is 0 Å². The van der Waals surface area contributed by atoms with E-state index in [1.807, 2.05) is 4.72 Å². The van der Waals surface area contributed by atoms with E-state index in [1.54, 1.807) is 36.4 Å². The summed E-state index contributed by atoms with van der Waals surface area (Å²) >= 11 is 0. The Balaban J connectivity index is 1.49. The van der Waals surface area contributed by atoms with Crippen molar-refractivity contribution < 1.29 is 26.4 Å². The van der Waals surface area contributed by atoms with E-state index >= 15 is 4.39 Å². The first-order chi connectivity index (χ1) is 17.1. The van der Waals surface area contributed by atoms with Crippen molar-refractivity contribution in [1.82, 2.24) is 14.8 Å². The Kier molecular flexibility index (Phi) is 5.75. The first kappa shape index (κ1) is 23.5. The van der Waals surface area contributed by atoms with Gasteiger partial charge in [0.25, 0.3) is 10.0 Å². The summed E-state index contributed by atoms with van der Waals surface area (Å²) in [6.45, 7) is 0.0514. The van der Waals surface area contributed by atoms with E-state index in [2.05, 4.69) is 15.4 Å². The number of rotatable bonds is 6. The molecule has 184 valence electrons. The highest BCUT2D eigenvalue weighted by atomic mass is 32.2. The van der Waals surface area contributed by atoms with Crippen molar-refractivity contribution in [2.24, 2.45) is 7.05 Å². The number of carbonyl (C=O) groups is 1. The van der Waals surface area contributed by atoms with Crippen molar-refractivity contribution in [3.05, 3.63) is 89.6 Å². The van der Waals surface area contributed by atoms with E-state index in [-0.39, 0.29) is 6.54 Å². The molecule has 0 bridgehead atoms. The molecule has 4 aromatic rings. The maximum atomic E-state index is 15.4. The van der Waals surface area contributed by atoms with Crippen molar-refractivity contribution in [3.63, 3.8) is 0 Å². The summed E-state index contributed by atoms with van der Waals surface area (Å²) in [6, 6.07) is 7.47. The summed E-state index contributed by atoms with van der Waals surface area (Å²) in [5.74, 6) is -4.76. The number of ketones is 1. The number of fused-ring (bicyclic) bond motifs is 1. The predicted octanol–water partition coefficient (Wildman–Crippen LogP) is 4.09. The highest BCUT2D eigenvalue weighted by Gasteiger charge is 2.35. The number of sulfonamides is 1. The molecule has 1 atom stereocenters. The average molecular weight is 514 g/mol. The van der Waals surface area contributed by atoms with Crippen LogP contribution in [0.15, 0.2) is 66.0 Å². The molecule has 2 aromatic heterocycles. The molecule has 1 unspecified atom stereocenters. The summed E-state index contributed by atoms with van der Waals surface area (Å²) in [7, 11) is -2.66. The Bertz CT molecular complexity index is 1620. The topological polar surface area (TPSA) is 106 Å². The van der Waals surface area contributed by atoms with Crippen LogP contribution in [0.25, 0.3) is 11.1 Å². The Morgan fingerprint density at radius 1 is 1.11 bits per heavy atom. The number of Topliss-reactive ketones (excluding diaryl/α,β-unsaturated/α-hetero) is 1. The minimum absolute atomic E-state index is 0.0514. The van der Waals surface area contributed by atoms with Crippen molar-refractivity contribution >= 4 is 27.3 Å². The van der Waals surface area contributed by atoms with Crippen molar-refractivity contribution in [2.75, 3.05) is 16.6 Å². The van der Waals surface area contributed by atoms with E-state index in [4.69, 9.17) is 0 Å². The molecule has 0 radical (unpaired) electrons. The maximum Gasteiger partial charge on any atom is 0.262 e. The third kappa shape index (κ3) is 4.19. The molecule has 2 aromatic carbocycles. The second-order valence-electron chi connectivity index (χ2n) is 8.21. The smallest absolute Gasteiger partial charge is 0.262 e. The fourth-order valence-electron chi connectivity index (χ4n) is 4.04. The molecule has 0 spiro atoms. The summed E-state index contributed by atoms with van der Waals surface area (Å²) in [5, 5.41) is 7.07. The Morgan fingerprint density at radius 2 is 1.92 bits per heavy atom. The molecule has 1 aliphatic rings. The lowest BCUT2D eigenvalue weighted by Crippen LogP contribution is -2.20. The van der Waals surface area contributed by atoms with Crippen LogP contribution < -0.4 is 10.0 Å². The summed E-state index contributed by atoms with van der Waals surface area (Å²) in [5.41, 5.74) is 0.335. The Morgan fingerprint density at radius 3 is 2.64 bits per heavy atom. The number of aromatic nitrogens is 3. The lowest BCUT2D eigenvalue weighted by atomic mass is 9.91. The van der Waals surface area contributed by atoms with Gasteiger partial charge in [0.05, 0.1) is 28.3 Å². The normalized spacial score (nSPS) is 14.8. The van der Waals surface area contributed by atoms with Crippen LogP contribution in [0.5, 0.6) is 0 Å². The second-order valence-corrected chi connectivity index (χ2v) is 9.89. The van der Waals surface area contributed by atoms with Crippen molar-refractivity contribution in [3.8, 4) is 11.1 Å². The van der Waals surface area contributed by atoms with Gasteiger partial charge in [0, 0.05) is 42.7 Å². The number of carbonyl (C=O) groups excluding carboxylic acids is 1. The Labute approximate surface area is 203 Å². The molecule has 5 rings (SSSR count). The van der Waals surface area contributed by atoms with E-state index < -0.39 is 55.3 Å². The van der Waals surface area contributed by atoms with E-state index in [0.717, 1.165) is 35.9 Å². The molecule has 0 amide bonds. The fourth-order valence-corrected chi connectivity index (χ4v) is 5.13. The molecule has 3 heterocycles. The second kappa shape index (κ2) is 8.79. The molecule has 36 heavy (non-hydrogen) atoms. The first-order valence-corrected chi connectivity index (χ1v) is 12.2. The third-order valence-electron chi connectivity index (χ3n) is 5.81. The third-order valence-corrected chi connectivity index (χ3v) is 7.17. The highest BCUT2D eigenvalue weighted by Crippen LogP contribution is 2.37. The van der Waals surface area contributed by atoms with Gasteiger partial charge in [0.15, 0.2) is 11.6 Å². The van der Waals surface area contributed by atoms with Crippen LogP contribution in [-0.2, 0) is 17.1 Å². The van der Waals surface area contributed by atoms with Gasteiger partial charge >= 0.3 is 0 Å². The first-order valence-electron chi connectivity index (χ1n) is 10.7. The number of pyridine rings is 1. The number of nitrogens with zero attached hydrogens (tertiary/aromatic N) is 3. The number of benzene rings is 2. The molecule has 0 aliphatic carbocycles. The van der Waals surface area contributed by atoms with Gasteiger partial charge in [0.2, 0.25) is 0 Å². The van der Waals surface area contributed by atoms with Gasteiger partial charge in [-0.05, 0) is 36.4 Å². The van der Waals surface area contributed by atoms with Crippen LogP contribution in [0.3, 0.4) is 0 Å². The van der Waals surface area contributed by atoms with E-state index in [0.29, 0.717) is 16.9 Å². The predicted molar refractivity (Wildman–Crippen MR) is 126 cm³/mol. The summed E-state index contributed by atoms with van der Waals surface area (Å²) < 4.78 is 72.4. The van der Waals surface area contributed by atoms with E-state index in [9.17, 15) is 22.0 Å². The van der Waals surface area contributed by atoms with Crippen LogP contribution in [0, 0.1) is 17.5 Å². The minimum Gasteiger partial charge on any atom is -0.369 e. The molecule has 1 aliphatic heterocycles. The van der Waals surface area contributed by atoms with Gasteiger partial charge in [-0.15, -0.1) is 0 Å². The maximum absolute atomic E-state index is 15.4. The molecule has 0 saturated carbocycles. The van der Waals surface area contributed by atoms with Crippen molar-refractivity contribution in [1.29, 1.82) is 0 Å². The monoisotopic (exact) mass is 513 g/mol. The highest BCUT2D eigenvalue weighted by molar-refractivity contribution is 7.92. The van der Waals surface area contributed by atoms with Crippen molar-refractivity contribution in [2.45, 2.75) is 10.8 Å². The lowest BCUT2D eigenvalue weighted by Gasteiger charge is -2.15. The van der Waals surface area contributed by atoms with Gasteiger partial charge in [-0.25, -0.2) is 26.6 Å². The molecule has 8 nitrogen and oxygen atoms in total. The quantitative estimate of drug-likeness (QED) is 0.376. The number of anilines is 2. The van der Waals surface area contributed by atoms with Crippen LogP contribution >= 0.6 is 0 Å². The average Bonchev–Trinajstić information content (AvgIpc) is 3.46. The summed E-state index contributed by atoms with van der Waals surface area (Å²) in [6.07, 6.45) is 4.98. The number of nitrogens with one attached hydrogen (secondary N) is 2. The standard InChI is InChI=1S/C24H18F3N5O3S/c1-32-12-14(10-30-32)13-7-17-18(11-29-24(17)28-9-13)23(33)21-19(26)5-6-20(22(21)27)31-36(34,35)16-4-2-3-15(25)8-16/h2-10,12,18,31H,11H2,1H3,(H,28,29). The van der Waals surface area contributed by atoms with Gasteiger partial charge < -0.3 is 5.32 Å².